The van der Waals surface area contributed by atoms with E-state index < -0.39 is 5.97 Å². The Hall–Kier alpha value is -2.52. The molecule has 0 atom stereocenters. The van der Waals surface area contributed by atoms with Crippen LogP contribution in [0.5, 0.6) is 11.5 Å². The number of methoxy groups -OCH3 is 2. The highest BCUT2D eigenvalue weighted by Gasteiger charge is 2.11. The van der Waals surface area contributed by atoms with Gasteiger partial charge in [-0.1, -0.05) is 6.07 Å². The van der Waals surface area contributed by atoms with Crippen LogP contribution in [0.3, 0.4) is 0 Å². The normalized spacial score (nSPS) is 10.7. The maximum Gasteiger partial charge on any atom is 0.348 e. The van der Waals surface area contributed by atoms with Gasteiger partial charge in [-0.3, -0.25) is 0 Å². The molecule has 6 nitrogen and oxygen atoms in total. The Bertz CT molecular complexity index is 574. The molecule has 0 saturated carbocycles. The average Bonchev–Trinajstić information content (AvgIpc) is 2.53. The SMILES string of the molecule is CCOc1cc(C=C(C#N)C(=O)OCCOC)ccc1OC. The van der Waals surface area contributed by atoms with Crippen molar-refractivity contribution in [3.8, 4) is 17.6 Å². The number of carbonyl (C=O) groups is 1. The lowest BCUT2D eigenvalue weighted by atomic mass is 10.1. The Morgan fingerprint density at radius 2 is 2.05 bits per heavy atom. The molecule has 6 heteroatoms. The molecule has 1 rings (SSSR count). The molecule has 1 aromatic carbocycles. The van der Waals surface area contributed by atoms with Crippen LogP contribution in [0.4, 0.5) is 0 Å². The second kappa shape index (κ2) is 9.42. The third-order valence-electron chi connectivity index (χ3n) is 2.66. The molecule has 1 aromatic rings. The molecular formula is C16H19NO5. The highest BCUT2D eigenvalue weighted by molar-refractivity contribution is 5.97. The zero-order chi connectivity index (χ0) is 16.4. The fourth-order valence-corrected chi connectivity index (χ4v) is 1.65. The molecule has 0 fully saturated rings. The molecule has 0 aliphatic rings. The molecule has 0 aliphatic heterocycles. The molecule has 0 aliphatic carbocycles. The number of carbonyl (C=O) groups excluding carboxylic acids is 1. The molecule has 0 unspecified atom stereocenters. The summed E-state index contributed by atoms with van der Waals surface area (Å²) in [6.45, 7) is 2.71. The van der Waals surface area contributed by atoms with Crippen molar-refractivity contribution in [1.82, 2.24) is 0 Å². The summed E-state index contributed by atoms with van der Waals surface area (Å²) in [5, 5.41) is 9.08. The third-order valence-corrected chi connectivity index (χ3v) is 2.66. The standard InChI is InChI=1S/C16H19NO5/c1-4-21-15-10-12(5-6-14(15)20-3)9-13(11-17)16(18)22-8-7-19-2/h5-6,9-10H,4,7-8H2,1-3H3. The quantitative estimate of drug-likeness (QED) is 0.317. The summed E-state index contributed by atoms with van der Waals surface area (Å²) in [5.74, 6) is 0.442. The van der Waals surface area contributed by atoms with Crippen LogP contribution in [0.2, 0.25) is 0 Å². The number of rotatable bonds is 8. The minimum atomic E-state index is -0.687. The molecule has 118 valence electrons. The van der Waals surface area contributed by atoms with Crippen molar-refractivity contribution in [3.05, 3.63) is 29.3 Å². The average molecular weight is 305 g/mol. The molecule has 0 spiro atoms. The van der Waals surface area contributed by atoms with Crippen LogP contribution in [0.1, 0.15) is 12.5 Å². The van der Waals surface area contributed by atoms with Crippen molar-refractivity contribution < 1.29 is 23.7 Å². The first-order chi connectivity index (χ1) is 10.7. The van der Waals surface area contributed by atoms with Crippen LogP contribution in [0.25, 0.3) is 6.08 Å². The van der Waals surface area contributed by atoms with Crippen molar-refractivity contribution in [2.45, 2.75) is 6.92 Å². The summed E-state index contributed by atoms with van der Waals surface area (Å²) in [6, 6.07) is 6.96. The Labute approximate surface area is 129 Å². The van der Waals surface area contributed by atoms with Crippen molar-refractivity contribution in [3.63, 3.8) is 0 Å². The van der Waals surface area contributed by atoms with Gasteiger partial charge in [0.2, 0.25) is 0 Å². The van der Waals surface area contributed by atoms with Crippen LogP contribution in [-0.4, -0.2) is 40.0 Å². The number of nitriles is 1. The highest BCUT2D eigenvalue weighted by atomic mass is 16.6. The first kappa shape index (κ1) is 17.5. The second-order valence-corrected chi connectivity index (χ2v) is 4.14. The van der Waals surface area contributed by atoms with E-state index in [0.29, 0.717) is 23.7 Å². The number of hydrogen-bond acceptors (Lipinski definition) is 6. The fraction of sp³-hybridized carbons (Fsp3) is 0.375. The van der Waals surface area contributed by atoms with Crippen LogP contribution in [-0.2, 0) is 14.3 Å². The minimum Gasteiger partial charge on any atom is -0.493 e. The zero-order valence-corrected chi connectivity index (χ0v) is 12.9. The first-order valence-electron chi connectivity index (χ1n) is 6.75. The molecule has 0 bridgehead atoms. The van der Waals surface area contributed by atoms with E-state index >= 15 is 0 Å². The van der Waals surface area contributed by atoms with E-state index in [2.05, 4.69) is 0 Å². The molecule has 22 heavy (non-hydrogen) atoms. The number of ether oxygens (including phenoxy) is 4. The predicted molar refractivity (Wildman–Crippen MR) is 80.6 cm³/mol. The number of nitrogens with zero attached hydrogens (tertiary/aromatic N) is 1. The fourth-order valence-electron chi connectivity index (χ4n) is 1.65. The van der Waals surface area contributed by atoms with Gasteiger partial charge < -0.3 is 18.9 Å². The lowest BCUT2D eigenvalue weighted by molar-refractivity contribution is -0.139. The maximum absolute atomic E-state index is 11.8. The summed E-state index contributed by atoms with van der Waals surface area (Å²) >= 11 is 0. The monoisotopic (exact) mass is 305 g/mol. The van der Waals surface area contributed by atoms with Gasteiger partial charge in [-0.25, -0.2) is 4.79 Å². The van der Waals surface area contributed by atoms with Gasteiger partial charge >= 0.3 is 5.97 Å². The van der Waals surface area contributed by atoms with E-state index in [4.69, 9.17) is 24.2 Å². The Morgan fingerprint density at radius 1 is 1.27 bits per heavy atom. The first-order valence-corrected chi connectivity index (χ1v) is 6.75. The van der Waals surface area contributed by atoms with Crippen molar-refractivity contribution >= 4 is 12.0 Å². The number of hydrogen-bond donors (Lipinski definition) is 0. The van der Waals surface area contributed by atoms with Gasteiger partial charge in [-0.05, 0) is 30.7 Å². The maximum atomic E-state index is 11.8. The largest absolute Gasteiger partial charge is 0.493 e. The molecule has 0 saturated heterocycles. The van der Waals surface area contributed by atoms with Crippen LogP contribution in [0.15, 0.2) is 23.8 Å². The van der Waals surface area contributed by atoms with Crippen molar-refractivity contribution in [2.24, 2.45) is 0 Å². The zero-order valence-electron chi connectivity index (χ0n) is 12.9. The van der Waals surface area contributed by atoms with Gasteiger partial charge in [0.05, 0.1) is 20.3 Å². The smallest absolute Gasteiger partial charge is 0.348 e. The summed E-state index contributed by atoms with van der Waals surface area (Å²) in [5.41, 5.74) is 0.549. The van der Waals surface area contributed by atoms with Gasteiger partial charge in [-0.15, -0.1) is 0 Å². The predicted octanol–water partition coefficient (Wildman–Crippen LogP) is 2.19. The molecule has 0 radical (unpaired) electrons. The van der Waals surface area contributed by atoms with E-state index in [1.165, 1.54) is 13.2 Å². The van der Waals surface area contributed by atoms with E-state index in [9.17, 15) is 4.79 Å². The molecular weight excluding hydrogens is 286 g/mol. The Balaban J connectivity index is 2.95. The van der Waals surface area contributed by atoms with Crippen LogP contribution in [0, 0.1) is 11.3 Å². The van der Waals surface area contributed by atoms with Gasteiger partial charge in [-0.2, -0.15) is 5.26 Å². The molecule has 0 aromatic heterocycles. The van der Waals surface area contributed by atoms with Gasteiger partial charge in [0, 0.05) is 7.11 Å². The summed E-state index contributed by atoms with van der Waals surface area (Å²) in [7, 11) is 3.04. The lowest BCUT2D eigenvalue weighted by Gasteiger charge is -2.10. The van der Waals surface area contributed by atoms with E-state index in [0.717, 1.165) is 0 Å². The van der Waals surface area contributed by atoms with Crippen LogP contribution < -0.4 is 9.47 Å². The van der Waals surface area contributed by atoms with Gasteiger partial charge in [0.1, 0.15) is 18.2 Å². The van der Waals surface area contributed by atoms with Gasteiger partial charge in [0.15, 0.2) is 11.5 Å². The van der Waals surface area contributed by atoms with E-state index in [1.54, 1.807) is 25.3 Å². The van der Waals surface area contributed by atoms with Crippen molar-refractivity contribution in [1.29, 1.82) is 5.26 Å². The molecule has 0 amide bonds. The topological polar surface area (TPSA) is 77.8 Å². The minimum absolute atomic E-state index is 0.0938. The molecule has 0 N–H and O–H groups in total. The van der Waals surface area contributed by atoms with E-state index in [1.807, 2.05) is 13.0 Å². The highest BCUT2D eigenvalue weighted by Crippen LogP contribution is 2.28. The van der Waals surface area contributed by atoms with E-state index in [-0.39, 0.29) is 18.8 Å². The Morgan fingerprint density at radius 3 is 2.64 bits per heavy atom. The third kappa shape index (κ3) is 5.11. The van der Waals surface area contributed by atoms with Crippen molar-refractivity contribution in [2.75, 3.05) is 34.0 Å². The summed E-state index contributed by atoms with van der Waals surface area (Å²) in [6.07, 6.45) is 1.44. The summed E-state index contributed by atoms with van der Waals surface area (Å²) in [4.78, 5) is 11.8. The summed E-state index contributed by atoms with van der Waals surface area (Å²) < 4.78 is 20.3. The van der Waals surface area contributed by atoms with Gasteiger partial charge in [0.25, 0.3) is 0 Å². The Kier molecular flexibility index (Phi) is 7.51. The molecule has 0 heterocycles. The lowest BCUT2D eigenvalue weighted by Crippen LogP contribution is -2.11. The second-order valence-electron chi connectivity index (χ2n) is 4.14. The number of benzene rings is 1. The van der Waals surface area contributed by atoms with Crippen LogP contribution >= 0.6 is 0 Å². The number of esters is 1.